The number of rotatable bonds is 3. The van der Waals surface area contributed by atoms with Crippen LogP contribution in [0.25, 0.3) is 0 Å². The second-order valence-electron chi connectivity index (χ2n) is 9.11. The summed E-state index contributed by atoms with van der Waals surface area (Å²) in [5, 5.41) is 0. The lowest BCUT2D eigenvalue weighted by Gasteiger charge is -2.32. The number of aryl methyl sites for hydroxylation is 1. The van der Waals surface area contributed by atoms with Crippen molar-refractivity contribution in [2.24, 2.45) is 0 Å². The summed E-state index contributed by atoms with van der Waals surface area (Å²) in [6.45, 7) is 10.1. The van der Waals surface area contributed by atoms with E-state index < -0.39 is 0 Å². The topological polar surface area (TPSA) is 87.3 Å². The van der Waals surface area contributed by atoms with Crippen LogP contribution in [-0.2, 0) is 22.0 Å². The molecule has 1 aliphatic carbocycles. The monoisotopic (exact) mass is 393 g/mol. The highest BCUT2D eigenvalue weighted by Crippen LogP contribution is 2.39. The third-order valence-corrected chi connectivity index (χ3v) is 6.52. The van der Waals surface area contributed by atoms with Crippen molar-refractivity contribution >= 4 is 18.8 Å². The third kappa shape index (κ3) is 3.58. The first-order valence-electron chi connectivity index (χ1n) is 10.2. The number of nitrogens with two attached hydrogens (primary N) is 1. The number of hydrogen-bond acceptors (Lipinski definition) is 6. The van der Waals surface area contributed by atoms with Crippen molar-refractivity contribution in [2.75, 3.05) is 5.73 Å². The summed E-state index contributed by atoms with van der Waals surface area (Å²) in [5.41, 5.74) is 9.46. The van der Waals surface area contributed by atoms with E-state index in [4.69, 9.17) is 15.0 Å². The molecule has 6 nitrogen and oxygen atoms in total. The van der Waals surface area contributed by atoms with Crippen LogP contribution < -0.4 is 5.73 Å². The van der Waals surface area contributed by atoms with Crippen molar-refractivity contribution in [3.8, 4) is 0 Å². The Bertz CT molecular complexity index is 958. The lowest BCUT2D eigenvalue weighted by Crippen LogP contribution is -2.41. The van der Waals surface area contributed by atoms with E-state index in [-0.39, 0.29) is 36.0 Å². The largest absolute Gasteiger partial charge is 0.462 e. The first kappa shape index (κ1) is 20.0. The van der Waals surface area contributed by atoms with Crippen LogP contribution in [0.3, 0.4) is 0 Å². The number of nitrogens with zero attached hydrogens (tertiary/aromatic N) is 2. The van der Waals surface area contributed by atoms with Crippen LogP contribution in [0.4, 0.5) is 5.95 Å². The van der Waals surface area contributed by atoms with E-state index in [0.29, 0.717) is 30.4 Å². The minimum absolute atomic E-state index is 0.0577. The summed E-state index contributed by atoms with van der Waals surface area (Å²) < 4.78 is 12.4. The normalized spacial score (nSPS) is 22.6. The number of carbonyl (C=O) groups is 1. The molecule has 0 amide bonds. The molecule has 0 saturated carbocycles. The van der Waals surface area contributed by atoms with Gasteiger partial charge in [0.25, 0.3) is 0 Å². The van der Waals surface area contributed by atoms with Gasteiger partial charge in [-0.1, -0.05) is 24.3 Å². The van der Waals surface area contributed by atoms with Crippen molar-refractivity contribution in [2.45, 2.75) is 70.9 Å². The Hall–Kier alpha value is -2.25. The van der Waals surface area contributed by atoms with E-state index in [1.807, 2.05) is 19.1 Å². The van der Waals surface area contributed by atoms with Gasteiger partial charge in [0.05, 0.1) is 28.2 Å². The highest BCUT2D eigenvalue weighted by molar-refractivity contribution is 6.45. The highest BCUT2D eigenvalue weighted by atomic mass is 16.7. The number of anilines is 1. The molecule has 29 heavy (non-hydrogen) atoms. The van der Waals surface area contributed by atoms with Gasteiger partial charge in [-0.25, -0.2) is 9.97 Å². The van der Waals surface area contributed by atoms with Crippen LogP contribution in [-0.4, -0.2) is 34.1 Å². The number of fused-ring (bicyclic) bond motifs is 1. The molecule has 1 fully saturated rings. The standard InChI is InChI=1S/C22H28BN3O3/c1-13-19-17(26-20(24)25-13)10-15(11-18(19)27)16-9-7-6-8-14(16)12-23-28-21(2,3)22(4,5)29-23/h6-9,15H,10-12H2,1-5H3,(H2,24,25,26). The van der Waals surface area contributed by atoms with E-state index in [0.717, 1.165) is 16.8 Å². The molecule has 1 atom stereocenters. The summed E-state index contributed by atoms with van der Waals surface area (Å²) in [7, 11) is -0.312. The van der Waals surface area contributed by atoms with Crippen LogP contribution >= 0.6 is 0 Å². The molecule has 2 aliphatic rings. The van der Waals surface area contributed by atoms with Gasteiger partial charge < -0.3 is 15.0 Å². The Labute approximate surface area is 172 Å². The SMILES string of the molecule is Cc1nc(N)nc2c1C(=O)CC(c1ccccc1CB1OC(C)(C)C(C)(C)O1)C2. The minimum Gasteiger partial charge on any atom is -0.403 e. The molecule has 1 aromatic carbocycles. The number of hydrogen-bond donors (Lipinski definition) is 1. The Morgan fingerprint density at radius 3 is 2.45 bits per heavy atom. The van der Waals surface area contributed by atoms with Crippen molar-refractivity contribution in [3.63, 3.8) is 0 Å². The molecule has 7 heteroatoms. The number of nitrogen functional groups attached to an aromatic ring is 1. The van der Waals surface area contributed by atoms with Crippen LogP contribution in [0.2, 0.25) is 0 Å². The van der Waals surface area contributed by atoms with Gasteiger partial charge in [-0.05, 0) is 58.1 Å². The number of carbonyl (C=O) groups excluding carboxylic acids is 1. The molecule has 0 radical (unpaired) electrons. The predicted molar refractivity (Wildman–Crippen MR) is 113 cm³/mol. The Kier molecular flexibility index (Phi) is 4.78. The molecule has 2 heterocycles. The van der Waals surface area contributed by atoms with E-state index in [2.05, 4.69) is 49.8 Å². The van der Waals surface area contributed by atoms with Crippen LogP contribution in [0.1, 0.15) is 72.9 Å². The maximum Gasteiger partial charge on any atom is 0.462 e. The predicted octanol–water partition coefficient (Wildman–Crippen LogP) is 3.45. The molecular formula is C22H28BN3O3. The first-order chi connectivity index (χ1) is 13.6. The lowest BCUT2D eigenvalue weighted by molar-refractivity contribution is 0.00578. The summed E-state index contributed by atoms with van der Waals surface area (Å²) in [6.07, 6.45) is 1.77. The van der Waals surface area contributed by atoms with Gasteiger partial charge in [-0.3, -0.25) is 4.79 Å². The minimum atomic E-state index is -0.363. The third-order valence-electron chi connectivity index (χ3n) is 6.52. The highest BCUT2D eigenvalue weighted by Gasteiger charge is 2.51. The smallest absolute Gasteiger partial charge is 0.403 e. The Morgan fingerprint density at radius 2 is 1.76 bits per heavy atom. The second-order valence-corrected chi connectivity index (χ2v) is 9.11. The van der Waals surface area contributed by atoms with E-state index >= 15 is 0 Å². The molecule has 1 saturated heterocycles. The molecule has 2 N–H and O–H groups in total. The molecule has 1 unspecified atom stereocenters. The van der Waals surface area contributed by atoms with Gasteiger partial charge in [0.15, 0.2) is 5.78 Å². The molecule has 2 aromatic rings. The Morgan fingerprint density at radius 1 is 1.10 bits per heavy atom. The number of Topliss-reactive ketones (excluding diaryl/α,β-unsaturated/α-hetero) is 1. The van der Waals surface area contributed by atoms with Crippen molar-refractivity contribution in [1.29, 1.82) is 0 Å². The fourth-order valence-corrected chi connectivity index (χ4v) is 4.36. The van der Waals surface area contributed by atoms with Gasteiger partial charge in [-0.2, -0.15) is 0 Å². The fourth-order valence-electron chi connectivity index (χ4n) is 4.36. The summed E-state index contributed by atoms with van der Waals surface area (Å²) in [6, 6.07) is 8.23. The number of ketones is 1. The van der Waals surface area contributed by atoms with Gasteiger partial charge in [0.2, 0.25) is 5.95 Å². The molecule has 4 rings (SSSR count). The molecule has 0 spiro atoms. The van der Waals surface area contributed by atoms with Crippen molar-refractivity contribution in [1.82, 2.24) is 9.97 Å². The fraction of sp³-hybridized carbons (Fsp3) is 0.500. The zero-order valence-corrected chi connectivity index (χ0v) is 17.8. The quantitative estimate of drug-likeness (QED) is 0.804. The number of benzene rings is 1. The van der Waals surface area contributed by atoms with Crippen LogP contribution in [0.15, 0.2) is 24.3 Å². The molecule has 1 aromatic heterocycles. The Balaban J connectivity index is 1.62. The lowest BCUT2D eigenvalue weighted by atomic mass is 9.74. The zero-order chi connectivity index (χ0) is 21.0. The second kappa shape index (κ2) is 6.92. The first-order valence-corrected chi connectivity index (χ1v) is 10.2. The van der Waals surface area contributed by atoms with Gasteiger partial charge in [-0.15, -0.1) is 0 Å². The molecule has 152 valence electrons. The average molecular weight is 393 g/mol. The summed E-state index contributed by atoms with van der Waals surface area (Å²) in [4.78, 5) is 21.4. The number of aromatic nitrogens is 2. The van der Waals surface area contributed by atoms with Crippen LogP contribution in [0.5, 0.6) is 0 Å². The maximum atomic E-state index is 12.9. The van der Waals surface area contributed by atoms with E-state index in [1.165, 1.54) is 0 Å². The average Bonchev–Trinajstić information content (AvgIpc) is 2.80. The van der Waals surface area contributed by atoms with Crippen molar-refractivity contribution < 1.29 is 14.1 Å². The van der Waals surface area contributed by atoms with Gasteiger partial charge in [0.1, 0.15) is 0 Å². The summed E-state index contributed by atoms with van der Waals surface area (Å²) in [5.74, 6) is 0.363. The van der Waals surface area contributed by atoms with E-state index in [1.54, 1.807) is 0 Å². The maximum absolute atomic E-state index is 12.9. The van der Waals surface area contributed by atoms with Crippen LogP contribution in [0, 0.1) is 6.92 Å². The molecule has 0 bridgehead atoms. The molecular weight excluding hydrogens is 365 g/mol. The zero-order valence-electron chi connectivity index (χ0n) is 17.8. The van der Waals surface area contributed by atoms with Gasteiger partial charge in [0, 0.05) is 12.7 Å². The summed E-state index contributed by atoms with van der Waals surface area (Å²) >= 11 is 0. The van der Waals surface area contributed by atoms with Crippen molar-refractivity contribution in [3.05, 3.63) is 52.3 Å². The van der Waals surface area contributed by atoms with E-state index in [9.17, 15) is 4.79 Å². The van der Waals surface area contributed by atoms with Gasteiger partial charge >= 0.3 is 7.12 Å². The molecule has 1 aliphatic heterocycles.